The van der Waals surface area contributed by atoms with Gasteiger partial charge in [-0.3, -0.25) is 4.68 Å². The van der Waals surface area contributed by atoms with Crippen LogP contribution in [-0.2, 0) is 6.54 Å². The van der Waals surface area contributed by atoms with Crippen LogP contribution >= 0.6 is 15.9 Å². The van der Waals surface area contributed by atoms with Gasteiger partial charge in [-0.15, -0.1) is 0 Å². The van der Waals surface area contributed by atoms with Crippen LogP contribution in [-0.4, -0.2) is 25.8 Å². The normalized spacial score (nSPS) is 11.1. The Labute approximate surface area is 122 Å². The molecule has 3 rings (SSSR count). The second-order valence-electron chi connectivity index (χ2n) is 4.17. The average Bonchev–Trinajstić information content (AvgIpc) is 3.01. The van der Waals surface area contributed by atoms with Crippen molar-refractivity contribution in [1.82, 2.24) is 14.8 Å². The van der Waals surface area contributed by atoms with Gasteiger partial charge < -0.3 is 9.52 Å². The fourth-order valence-corrected chi connectivity index (χ4v) is 2.77. The van der Waals surface area contributed by atoms with Gasteiger partial charge >= 0.3 is 5.97 Å². The number of halogens is 1. The van der Waals surface area contributed by atoms with E-state index in [1.165, 1.54) is 6.39 Å². The highest BCUT2D eigenvalue weighted by Gasteiger charge is 2.21. The van der Waals surface area contributed by atoms with Crippen LogP contribution in [0.3, 0.4) is 0 Å². The topological polar surface area (TPSA) is 81.2 Å². The van der Waals surface area contributed by atoms with Crippen molar-refractivity contribution in [1.29, 1.82) is 0 Å². The summed E-state index contributed by atoms with van der Waals surface area (Å²) in [6.07, 6.45) is 1.38. The first-order chi connectivity index (χ1) is 9.61. The Bertz CT molecular complexity index is 806. The van der Waals surface area contributed by atoms with Crippen LogP contribution in [0.25, 0.3) is 22.4 Å². The molecule has 0 aliphatic carbocycles. The quantitative estimate of drug-likeness (QED) is 0.794. The summed E-state index contributed by atoms with van der Waals surface area (Å²) in [5, 5.41) is 13.2. The molecule has 2 heterocycles. The molecule has 0 spiro atoms. The first-order valence-electron chi connectivity index (χ1n) is 5.95. The fraction of sp³-hybridized carbons (Fsp3) is 0.154. The Hall–Kier alpha value is -2.15. The summed E-state index contributed by atoms with van der Waals surface area (Å²) in [5.74, 6) is -1.06. The second kappa shape index (κ2) is 4.75. The highest BCUT2D eigenvalue weighted by molar-refractivity contribution is 9.10. The SMILES string of the molecule is CCn1nc(C(=O)O)c(Br)c1-c1ccc2ncoc2c1. The van der Waals surface area contributed by atoms with E-state index in [9.17, 15) is 4.79 Å². The van der Waals surface area contributed by atoms with Gasteiger partial charge in [0.25, 0.3) is 0 Å². The molecule has 0 amide bonds. The minimum atomic E-state index is -1.06. The molecule has 0 aliphatic rings. The van der Waals surface area contributed by atoms with Crippen molar-refractivity contribution in [3.05, 3.63) is 34.8 Å². The molecule has 0 fully saturated rings. The predicted octanol–water partition coefficient (Wildman–Crippen LogP) is 3.17. The molecule has 0 aliphatic heterocycles. The first-order valence-corrected chi connectivity index (χ1v) is 6.74. The molecule has 0 bridgehead atoms. The molecule has 0 atom stereocenters. The standard InChI is InChI=1S/C13H10BrN3O3/c1-2-17-12(10(14)11(16-17)13(18)19)7-3-4-8-9(5-7)20-6-15-8/h3-6H,2H2,1H3,(H,18,19). The van der Waals surface area contributed by atoms with Crippen LogP contribution < -0.4 is 0 Å². The molecule has 20 heavy (non-hydrogen) atoms. The molecule has 102 valence electrons. The monoisotopic (exact) mass is 335 g/mol. The van der Waals surface area contributed by atoms with E-state index in [-0.39, 0.29) is 5.69 Å². The Balaban J connectivity index is 2.24. The molecule has 2 aromatic heterocycles. The molecule has 0 radical (unpaired) electrons. The minimum Gasteiger partial charge on any atom is -0.476 e. The van der Waals surface area contributed by atoms with Crippen molar-refractivity contribution in [3.63, 3.8) is 0 Å². The van der Waals surface area contributed by atoms with Gasteiger partial charge in [-0.05, 0) is 35.0 Å². The molecule has 3 aromatic rings. The number of carboxylic acids is 1. The number of fused-ring (bicyclic) bond motifs is 1. The van der Waals surface area contributed by atoms with Crippen LogP contribution in [0.5, 0.6) is 0 Å². The summed E-state index contributed by atoms with van der Waals surface area (Å²) in [5.41, 5.74) is 2.94. The van der Waals surface area contributed by atoms with Crippen LogP contribution in [0, 0.1) is 0 Å². The van der Waals surface area contributed by atoms with Gasteiger partial charge in [0.1, 0.15) is 5.52 Å². The van der Waals surface area contributed by atoms with Crippen molar-refractivity contribution in [2.24, 2.45) is 0 Å². The second-order valence-corrected chi connectivity index (χ2v) is 4.96. The molecule has 1 aromatic carbocycles. The van der Waals surface area contributed by atoms with Crippen molar-refractivity contribution in [2.45, 2.75) is 13.5 Å². The van der Waals surface area contributed by atoms with E-state index in [1.807, 2.05) is 25.1 Å². The highest BCUT2D eigenvalue weighted by atomic mass is 79.9. The van der Waals surface area contributed by atoms with E-state index < -0.39 is 5.97 Å². The zero-order chi connectivity index (χ0) is 14.3. The summed E-state index contributed by atoms with van der Waals surface area (Å²) < 4.78 is 7.38. The maximum Gasteiger partial charge on any atom is 0.357 e. The van der Waals surface area contributed by atoms with Gasteiger partial charge in [0.05, 0.1) is 10.2 Å². The van der Waals surface area contributed by atoms with Gasteiger partial charge in [0.2, 0.25) is 0 Å². The third-order valence-corrected chi connectivity index (χ3v) is 3.75. The summed E-state index contributed by atoms with van der Waals surface area (Å²) in [7, 11) is 0. The van der Waals surface area contributed by atoms with Gasteiger partial charge in [-0.1, -0.05) is 6.07 Å². The van der Waals surface area contributed by atoms with Crippen LogP contribution in [0.2, 0.25) is 0 Å². The Morgan fingerprint density at radius 1 is 1.50 bits per heavy atom. The number of oxazole rings is 1. The van der Waals surface area contributed by atoms with Gasteiger partial charge in [0.15, 0.2) is 17.7 Å². The summed E-state index contributed by atoms with van der Waals surface area (Å²) >= 11 is 3.32. The van der Waals surface area contributed by atoms with Crippen molar-refractivity contribution < 1.29 is 14.3 Å². The predicted molar refractivity (Wildman–Crippen MR) is 75.6 cm³/mol. The number of carboxylic acid groups (broad SMARTS) is 1. The Morgan fingerprint density at radius 3 is 3.00 bits per heavy atom. The fourth-order valence-electron chi connectivity index (χ4n) is 2.08. The Kier molecular flexibility index (Phi) is 3.06. The number of carbonyl (C=O) groups is 1. The lowest BCUT2D eigenvalue weighted by molar-refractivity contribution is 0.0688. The van der Waals surface area contributed by atoms with E-state index in [4.69, 9.17) is 9.52 Å². The van der Waals surface area contributed by atoms with Gasteiger partial charge in [-0.25, -0.2) is 9.78 Å². The van der Waals surface area contributed by atoms with Crippen LogP contribution in [0.4, 0.5) is 0 Å². The van der Waals surface area contributed by atoms with Crippen LogP contribution in [0.15, 0.2) is 33.5 Å². The maximum atomic E-state index is 11.2. The third kappa shape index (κ3) is 1.90. The number of rotatable bonds is 3. The summed E-state index contributed by atoms with van der Waals surface area (Å²) in [6, 6.07) is 5.51. The van der Waals surface area contributed by atoms with Crippen molar-refractivity contribution >= 4 is 33.0 Å². The first kappa shape index (κ1) is 12.9. The largest absolute Gasteiger partial charge is 0.476 e. The highest BCUT2D eigenvalue weighted by Crippen LogP contribution is 2.33. The van der Waals surface area contributed by atoms with E-state index in [2.05, 4.69) is 26.0 Å². The van der Waals surface area contributed by atoms with Crippen molar-refractivity contribution in [2.75, 3.05) is 0 Å². The zero-order valence-electron chi connectivity index (χ0n) is 10.5. The van der Waals surface area contributed by atoms with Crippen molar-refractivity contribution in [3.8, 4) is 11.3 Å². The number of aromatic nitrogens is 3. The van der Waals surface area contributed by atoms with E-state index in [1.54, 1.807) is 4.68 Å². The summed E-state index contributed by atoms with van der Waals surface area (Å²) in [6.45, 7) is 2.47. The van der Waals surface area contributed by atoms with Gasteiger partial charge in [0, 0.05) is 12.1 Å². The number of nitrogens with zero attached hydrogens (tertiary/aromatic N) is 3. The van der Waals surface area contributed by atoms with E-state index in [0.29, 0.717) is 22.3 Å². The molecule has 0 unspecified atom stereocenters. The lowest BCUT2D eigenvalue weighted by Gasteiger charge is -2.05. The molecular weight excluding hydrogens is 326 g/mol. The average molecular weight is 336 g/mol. The maximum absolute atomic E-state index is 11.2. The molecule has 1 N–H and O–H groups in total. The molecule has 7 heteroatoms. The number of aromatic carboxylic acids is 1. The third-order valence-electron chi connectivity index (χ3n) is 3.00. The Morgan fingerprint density at radius 2 is 2.30 bits per heavy atom. The molecule has 0 saturated carbocycles. The van der Waals surface area contributed by atoms with E-state index in [0.717, 1.165) is 11.1 Å². The number of benzene rings is 1. The number of hydrogen-bond donors (Lipinski definition) is 1. The molecular formula is C13H10BrN3O3. The van der Waals surface area contributed by atoms with Crippen LogP contribution in [0.1, 0.15) is 17.4 Å². The lowest BCUT2D eigenvalue weighted by Crippen LogP contribution is -2.02. The number of hydrogen-bond acceptors (Lipinski definition) is 4. The zero-order valence-corrected chi connectivity index (χ0v) is 12.1. The smallest absolute Gasteiger partial charge is 0.357 e. The minimum absolute atomic E-state index is 0.000447. The molecule has 0 saturated heterocycles. The van der Waals surface area contributed by atoms with Gasteiger partial charge in [-0.2, -0.15) is 5.10 Å². The lowest BCUT2D eigenvalue weighted by atomic mass is 10.1. The molecule has 6 nitrogen and oxygen atoms in total. The summed E-state index contributed by atoms with van der Waals surface area (Å²) in [4.78, 5) is 15.2. The number of aryl methyl sites for hydroxylation is 1. The van der Waals surface area contributed by atoms with E-state index >= 15 is 0 Å².